The maximum Gasteiger partial charge on any atom is 0.305 e. The van der Waals surface area contributed by atoms with Crippen molar-refractivity contribution >= 4 is 11.9 Å². The molecule has 25 heavy (non-hydrogen) atoms. The van der Waals surface area contributed by atoms with Crippen LogP contribution in [0, 0.1) is 0 Å². The molecule has 0 saturated heterocycles. The van der Waals surface area contributed by atoms with Gasteiger partial charge in [0.05, 0.1) is 7.11 Å². The number of hydrogen-bond donors (Lipinski definition) is 2. The summed E-state index contributed by atoms with van der Waals surface area (Å²) in [5.41, 5.74) is 0. The zero-order valence-electron chi connectivity index (χ0n) is 17.1. The summed E-state index contributed by atoms with van der Waals surface area (Å²) in [4.78, 5) is 17.8. The van der Waals surface area contributed by atoms with Gasteiger partial charge < -0.3 is 20.3 Å². The second-order valence-corrected chi connectivity index (χ2v) is 6.45. The van der Waals surface area contributed by atoms with Crippen molar-refractivity contribution in [2.45, 2.75) is 71.8 Å². The van der Waals surface area contributed by atoms with E-state index >= 15 is 0 Å². The SMILES string of the molecule is CCN(CC)CCCC(C)NC(=NC)NCCCCCCC(=O)OC. The van der Waals surface area contributed by atoms with E-state index in [4.69, 9.17) is 0 Å². The Morgan fingerprint density at radius 3 is 2.40 bits per heavy atom. The Bertz CT molecular complexity index is 357. The third kappa shape index (κ3) is 13.6. The smallest absolute Gasteiger partial charge is 0.305 e. The Balaban J connectivity index is 3.72. The summed E-state index contributed by atoms with van der Waals surface area (Å²) >= 11 is 0. The summed E-state index contributed by atoms with van der Waals surface area (Å²) < 4.78 is 4.64. The van der Waals surface area contributed by atoms with Crippen molar-refractivity contribution in [1.29, 1.82) is 0 Å². The molecule has 0 heterocycles. The van der Waals surface area contributed by atoms with Crippen molar-refractivity contribution in [3.05, 3.63) is 0 Å². The van der Waals surface area contributed by atoms with E-state index in [-0.39, 0.29) is 5.97 Å². The summed E-state index contributed by atoms with van der Waals surface area (Å²) in [6.07, 6.45) is 7.03. The quantitative estimate of drug-likeness (QED) is 0.217. The molecule has 0 fully saturated rings. The van der Waals surface area contributed by atoms with Crippen LogP contribution in [0.4, 0.5) is 0 Å². The minimum absolute atomic E-state index is 0.113. The first-order valence-electron chi connectivity index (χ1n) is 9.83. The number of unbranched alkanes of at least 4 members (excludes halogenated alkanes) is 3. The molecule has 6 nitrogen and oxygen atoms in total. The van der Waals surface area contributed by atoms with Gasteiger partial charge >= 0.3 is 5.97 Å². The highest BCUT2D eigenvalue weighted by Gasteiger charge is 2.06. The van der Waals surface area contributed by atoms with Crippen LogP contribution >= 0.6 is 0 Å². The summed E-state index contributed by atoms with van der Waals surface area (Å²) in [5, 5.41) is 6.83. The van der Waals surface area contributed by atoms with E-state index in [0.29, 0.717) is 12.5 Å². The fourth-order valence-electron chi connectivity index (χ4n) is 2.72. The van der Waals surface area contributed by atoms with Crippen molar-refractivity contribution in [3.8, 4) is 0 Å². The molecule has 0 rings (SSSR count). The Kier molecular flexibility index (Phi) is 15.3. The number of aliphatic imine (C=N–C) groups is 1. The second-order valence-electron chi connectivity index (χ2n) is 6.45. The molecule has 0 aliphatic rings. The molecule has 0 aliphatic carbocycles. The summed E-state index contributed by atoms with van der Waals surface area (Å²) in [6, 6.07) is 0.418. The Morgan fingerprint density at radius 1 is 1.12 bits per heavy atom. The Morgan fingerprint density at radius 2 is 1.80 bits per heavy atom. The van der Waals surface area contributed by atoms with Crippen LogP contribution in [-0.4, -0.2) is 63.2 Å². The highest BCUT2D eigenvalue weighted by atomic mass is 16.5. The molecule has 0 spiro atoms. The molecule has 0 aromatic rings. The highest BCUT2D eigenvalue weighted by Crippen LogP contribution is 2.03. The molecule has 0 bridgehead atoms. The monoisotopic (exact) mass is 356 g/mol. The molecule has 0 radical (unpaired) electrons. The molecule has 0 amide bonds. The van der Waals surface area contributed by atoms with Gasteiger partial charge in [-0.2, -0.15) is 0 Å². The summed E-state index contributed by atoms with van der Waals surface area (Å²) in [6.45, 7) is 11.0. The van der Waals surface area contributed by atoms with Crippen molar-refractivity contribution < 1.29 is 9.53 Å². The molecule has 0 aromatic carbocycles. The van der Waals surface area contributed by atoms with Crippen molar-refractivity contribution in [3.63, 3.8) is 0 Å². The number of guanidine groups is 1. The summed E-state index contributed by atoms with van der Waals surface area (Å²) in [7, 11) is 3.25. The number of esters is 1. The topological polar surface area (TPSA) is 66.0 Å². The second kappa shape index (κ2) is 16.2. The number of carbonyl (C=O) groups excluding carboxylic acids is 1. The van der Waals surface area contributed by atoms with Gasteiger partial charge in [-0.3, -0.25) is 9.79 Å². The largest absolute Gasteiger partial charge is 0.469 e. The number of hydrogen-bond acceptors (Lipinski definition) is 4. The van der Waals surface area contributed by atoms with Gasteiger partial charge in [-0.25, -0.2) is 0 Å². The molecule has 2 N–H and O–H groups in total. The van der Waals surface area contributed by atoms with E-state index in [2.05, 4.69) is 46.0 Å². The van der Waals surface area contributed by atoms with Crippen LogP contribution in [0.1, 0.15) is 65.7 Å². The Hall–Kier alpha value is -1.30. The van der Waals surface area contributed by atoms with Crippen LogP contribution in [-0.2, 0) is 9.53 Å². The first-order chi connectivity index (χ1) is 12.1. The average Bonchev–Trinajstić information content (AvgIpc) is 2.63. The van der Waals surface area contributed by atoms with E-state index in [0.717, 1.165) is 64.2 Å². The van der Waals surface area contributed by atoms with Crippen LogP contribution < -0.4 is 10.6 Å². The van der Waals surface area contributed by atoms with E-state index in [1.807, 2.05) is 7.05 Å². The molecule has 1 atom stereocenters. The van der Waals surface area contributed by atoms with Crippen LogP contribution in [0.15, 0.2) is 4.99 Å². The number of nitrogens with one attached hydrogen (secondary N) is 2. The number of carbonyl (C=O) groups is 1. The minimum Gasteiger partial charge on any atom is -0.469 e. The zero-order valence-corrected chi connectivity index (χ0v) is 17.1. The molecule has 0 saturated carbocycles. The van der Waals surface area contributed by atoms with Crippen molar-refractivity contribution in [1.82, 2.24) is 15.5 Å². The molecule has 0 aliphatic heterocycles. The molecule has 0 aromatic heterocycles. The zero-order chi connectivity index (χ0) is 18.9. The number of nitrogens with zero attached hydrogens (tertiary/aromatic N) is 2. The minimum atomic E-state index is -0.113. The van der Waals surface area contributed by atoms with E-state index < -0.39 is 0 Å². The standard InChI is InChI=1S/C19H40N4O2/c1-6-23(7-2)16-12-13-17(3)22-19(20-4)21-15-11-9-8-10-14-18(24)25-5/h17H,6-16H2,1-5H3,(H2,20,21,22). The molecule has 6 heteroatoms. The first kappa shape index (κ1) is 23.7. The maximum atomic E-state index is 11.0. The number of rotatable bonds is 14. The molecule has 1 unspecified atom stereocenters. The van der Waals surface area contributed by atoms with Crippen LogP contribution in [0.2, 0.25) is 0 Å². The predicted octanol–water partition coefficient (Wildman–Crippen LogP) is 2.79. The molecular formula is C19H40N4O2. The van der Waals surface area contributed by atoms with Gasteiger partial charge in [-0.1, -0.05) is 26.7 Å². The lowest BCUT2D eigenvalue weighted by Gasteiger charge is -2.21. The van der Waals surface area contributed by atoms with Gasteiger partial charge in [0, 0.05) is 26.1 Å². The number of ether oxygens (including phenoxy) is 1. The van der Waals surface area contributed by atoms with Crippen LogP contribution in [0.5, 0.6) is 0 Å². The van der Waals surface area contributed by atoms with E-state index in [9.17, 15) is 4.79 Å². The van der Waals surface area contributed by atoms with Crippen molar-refractivity contribution in [2.24, 2.45) is 4.99 Å². The van der Waals surface area contributed by atoms with E-state index in [1.54, 1.807) is 0 Å². The predicted molar refractivity (Wildman–Crippen MR) is 106 cm³/mol. The van der Waals surface area contributed by atoms with E-state index in [1.165, 1.54) is 13.5 Å². The third-order valence-corrected chi connectivity index (χ3v) is 4.44. The lowest BCUT2D eigenvalue weighted by Crippen LogP contribution is -2.42. The molecular weight excluding hydrogens is 316 g/mol. The summed E-state index contributed by atoms with van der Waals surface area (Å²) in [5.74, 6) is 0.766. The lowest BCUT2D eigenvalue weighted by atomic mass is 10.1. The maximum absolute atomic E-state index is 11.0. The Labute approximate surface area is 154 Å². The fourth-order valence-corrected chi connectivity index (χ4v) is 2.72. The van der Waals surface area contributed by atoms with Gasteiger partial charge in [-0.05, 0) is 52.2 Å². The highest BCUT2D eigenvalue weighted by molar-refractivity contribution is 5.79. The molecule has 148 valence electrons. The number of methoxy groups -OCH3 is 1. The fraction of sp³-hybridized carbons (Fsp3) is 0.895. The first-order valence-corrected chi connectivity index (χ1v) is 9.83. The average molecular weight is 357 g/mol. The lowest BCUT2D eigenvalue weighted by molar-refractivity contribution is -0.140. The van der Waals surface area contributed by atoms with Gasteiger partial charge in [0.15, 0.2) is 5.96 Å². The van der Waals surface area contributed by atoms with Gasteiger partial charge in [0.1, 0.15) is 0 Å². The van der Waals surface area contributed by atoms with Gasteiger partial charge in [-0.15, -0.1) is 0 Å². The third-order valence-electron chi connectivity index (χ3n) is 4.44. The van der Waals surface area contributed by atoms with Crippen LogP contribution in [0.25, 0.3) is 0 Å². The van der Waals surface area contributed by atoms with Crippen molar-refractivity contribution in [2.75, 3.05) is 40.3 Å². The van der Waals surface area contributed by atoms with Crippen LogP contribution in [0.3, 0.4) is 0 Å². The normalized spacial score (nSPS) is 13.0. The van der Waals surface area contributed by atoms with Gasteiger partial charge in [0.25, 0.3) is 0 Å². The van der Waals surface area contributed by atoms with Gasteiger partial charge in [0.2, 0.25) is 0 Å².